The lowest BCUT2D eigenvalue weighted by Crippen LogP contribution is -2.39. The highest BCUT2D eigenvalue weighted by molar-refractivity contribution is 6.00. The molecule has 2 atom stereocenters. The lowest BCUT2D eigenvalue weighted by molar-refractivity contribution is -0.126. The molecule has 2 saturated heterocycles. The third kappa shape index (κ3) is 3.63. The molecule has 158 valence electrons. The van der Waals surface area contributed by atoms with Crippen LogP contribution in [0.2, 0.25) is 0 Å². The molecule has 1 aromatic heterocycles. The predicted octanol–water partition coefficient (Wildman–Crippen LogP) is 2.31. The van der Waals surface area contributed by atoms with Crippen LogP contribution in [0, 0.1) is 5.92 Å². The highest BCUT2D eigenvalue weighted by Crippen LogP contribution is 2.37. The number of nitrogens with zero attached hydrogens (tertiary/aromatic N) is 2. The fourth-order valence-corrected chi connectivity index (χ4v) is 4.47. The van der Waals surface area contributed by atoms with Crippen molar-refractivity contribution in [2.75, 3.05) is 37.9 Å². The summed E-state index contributed by atoms with van der Waals surface area (Å²) >= 11 is 0. The van der Waals surface area contributed by atoms with E-state index in [-0.39, 0.29) is 37.0 Å². The zero-order valence-corrected chi connectivity index (χ0v) is 16.7. The van der Waals surface area contributed by atoms with Gasteiger partial charge in [0.25, 0.3) is 0 Å². The van der Waals surface area contributed by atoms with Gasteiger partial charge in [0.2, 0.25) is 18.6 Å². The Morgan fingerprint density at radius 3 is 2.80 bits per heavy atom. The van der Waals surface area contributed by atoms with Crippen molar-refractivity contribution in [3.05, 3.63) is 42.4 Å². The van der Waals surface area contributed by atoms with Gasteiger partial charge in [-0.2, -0.15) is 0 Å². The zero-order valence-electron chi connectivity index (χ0n) is 16.7. The number of benzene rings is 1. The largest absolute Gasteiger partial charge is 0.468 e. The average molecular weight is 411 g/mol. The monoisotopic (exact) mass is 411 g/mol. The van der Waals surface area contributed by atoms with Crippen molar-refractivity contribution in [3.8, 4) is 11.5 Å². The Morgan fingerprint density at radius 2 is 2.00 bits per heavy atom. The third-order valence-corrected chi connectivity index (χ3v) is 6.09. The summed E-state index contributed by atoms with van der Waals surface area (Å²) in [7, 11) is 0. The maximum atomic E-state index is 12.9. The zero-order chi connectivity index (χ0) is 20.5. The maximum Gasteiger partial charge on any atom is 0.231 e. The lowest BCUT2D eigenvalue weighted by atomic mass is 10.1. The van der Waals surface area contributed by atoms with E-state index >= 15 is 0 Å². The van der Waals surface area contributed by atoms with Gasteiger partial charge in [-0.15, -0.1) is 0 Å². The molecule has 2 amide bonds. The van der Waals surface area contributed by atoms with Crippen molar-refractivity contribution < 1.29 is 23.5 Å². The number of carbonyl (C=O) groups excluding carboxylic acids is 2. The van der Waals surface area contributed by atoms with Gasteiger partial charge in [0.15, 0.2) is 11.5 Å². The number of ether oxygens (including phenoxy) is 2. The van der Waals surface area contributed by atoms with Crippen LogP contribution in [0.4, 0.5) is 5.69 Å². The van der Waals surface area contributed by atoms with E-state index in [1.165, 1.54) is 0 Å². The molecule has 0 aliphatic carbocycles. The van der Waals surface area contributed by atoms with Crippen LogP contribution in [0.1, 0.15) is 31.1 Å². The van der Waals surface area contributed by atoms with Crippen LogP contribution in [0.5, 0.6) is 11.5 Å². The van der Waals surface area contributed by atoms with E-state index in [1.807, 2.05) is 18.2 Å². The van der Waals surface area contributed by atoms with Crippen LogP contribution in [0.25, 0.3) is 0 Å². The lowest BCUT2D eigenvalue weighted by Gasteiger charge is -2.26. The molecule has 2 fully saturated rings. The average Bonchev–Trinajstić information content (AvgIpc) is 3.54. The highest BCUT2D eigenvalue weighted by atomic mass is 16.7. The molecule has 2 unspecified atom stereocenters. The van der Waals surface area contributed by atoms with Gasteiger partial charge in [0, 0.05) is 31.3 Å². The summed E-state index contributed by atoms with van der Waals surface area (Å²) in [6.45, 7) is 3.02. The first kappa shape index (κ1) is 19.0. The Balaban J connectivity index is 1.23. The summed E-state index contributed by atoms with van der Waals surface area (Å²) < 4.78 is 16.3. The molecule has 0 bridgehead atoms. The Labute approximate surface area is 174 Å². The quantitative estimate of drug-likeness (QED) is 0.785. The van der Waals surface area contributed by atoms with E-state index in [9.17, 15) is 9.59 Å². The second kappa shape index (κ2) is 8.02. The first-order chi connectivity index (χ1) is 14.7. The fourth-order valence-electron chi connectivity index (χ4n) is 4.47. The molecule has 0 radical (unpaired) electrons. The van der Waals surface area contributed by atoms with Crippen molar-refractivity contribution in [2.45, 2.75) is 25.3 Å². The molecular formula is C22H25N3O5. The Hall–Kier alpha value is -3.00. The van der Waals surface area contributed by atoms with Gasteiger partial charge in [0.05, 0.1) is 18.2 Å². The van der Waals surface area contributed by atoms with Crippen LogP contribution in [0.15, 0.2) is 41.0 Å². The minimum Gasteiger partial charge on any atom is -0.468 e. The summed E-state index contributed by atoms with van der Waals surface area (Å²) in [4.78, 5) is 29.4. The van der Waals surface area contributed by atoms with Gasteiger partial charge >= 0.3 is 0 Å². The van der Waals surface area contributed by atoms with Crippen molar-refractivity contribution in [1.82, 2.24) is 10.2 Å². The minimum atomic E-state index is -0.376. The number of fused-ring (bicyclic) bond motifs is 1. The van der Waals surface area contributed by atoms with E-state index in [0.29, 0.717) is 24.6 Å². The molecule has 3 aliphatic heterocycles. The molecule has 1 aromatic carbocycles. The number of rotatable bonds is 6. The second-order valence-electron chi connectivity index (χ2n) is 7.96. The van der Waals surface area contributed by atoms with E-state index in [2.05, 4.69) is 10.2 Å². The summed E-state index contributed by atoms with van der Waals surface area (Å²) in [6, 6.07) is 9.26. The number of hydrogen-bond donors (Lipinski definition) is 1. The second-order valence-corrected chi connectivity index (χ2v) is 7.96. The molecule has 8 heteroatoms. The van der Waals surface area contributed by atoms with Gasteiger partial charge in [-0.25, -0.2) is 0 Å². The molecule has 0 saturated carbocycles. The van der Waals surface area contributed by atoms with E-state index in [0.717, 1.165) is 37.4 Å². The number of furan rings is 1. The molecular weight excluding hydrogens is 386 g/mol. The highest BCUT2D eigenvalue weighted by Gasteiger charge is 2.36. The van der Waals surface area contributed by atoms with Crippen molar-refractivity contribution in [1.29, 1.82) is 0 Å². The number of nitrogens with one attached hydrogen (secondary N) is 1. The number of amides is 2. The summed E-state index contributed by atoms with van der Waals surface area (Å²) in [5.74, 6) is 1.63. The maximum absolute atomic E-state index is 12.9. The summed E-state index contributed by atoms with van der Waals surface area (Å²) in [5.41, 5.74) is 0.727. The molecule has 1 N–H and O–H groups in total. The summed E-state index contributed by atoms with van der Waals surface area (Å²) in [5, 5.41) is 3.06. The van der Waals surface area contributed by atoms with Crippen LogP contribution in [0.3, 0.4) is 0 Å². The molecule has 3 aliphatic rings. The summed E-state index contributed by atoms with van der Waals surface area (Å²) in [6.07, 6.45) is 4.19. The molecule has 5 rings (SSSR count). The molecule has 2 aromatic rings. The van der Waals surface area contributed by atoms with E-state index < -0.39 is 0 Å². The third-order valence-electron chi connectivity index (χ3n) is 6.09. The van der Waals surface area contributed by atoms with Gasteiger partial charge < -0.3 is 24.1 Å². The van der Waals surface area contributed by atoms with E-state index in [4.69, 9.17) is 13.9 Å². The smallest absolute Gasteiger partial charge is 0.231 e. The van der Waals surface area contributed by atoms with Gasteiger partial charge in [-0.3, -0.25) is 14.5 Å². The SMILES string of the molecule is O=C(NCC(c1ccco1)N1CCCC1)C1CC(=O)N(c2ccc3c(c2)OCO3)C1. The molecule has 0 spiro atoms. The number of hydrogen-bond acceptors (Lipinski definition) is 6. The molecule has 30 heavy (non-hydrogen) atoms. The Morgan fingerprint density at radius 1 is 1.17 bits per heavy atom. The van der Waals surface area contributed by atoms with E-state index in [1.54, 1.807) is 23.3 Å². The predicted molar refractivity (Wildman–Crippen MR) is 108 cm³/mol. The molecule has 4 heterocycles. The van der Waals surface area contributed by atoms with Crippen molar-refractivity contribution in [3.63, 3.8) is 0 Å². The van der Waals surface area contributed by atoms with Gasteiger partial charge in [-0.1, -0.05) is 0 Å². The topological polar surface area (TPSA) is 84.3 Å². The minimum absolute atomic E-state index is 0.0218. The van der Waals surface area contributed by atoms with Crippen molar-refractivity contribution >= 4 is 17.5 Å². The first-order valence-electron chi connectivity index (χ1n) is 10.4. The fraction of sp³-hybridized carbons (Fsp3) is 0.455. The molecule has 8 nitrogen and oxygen atoms in total. The Kier molecular flexibility index (Phi) is 5.08. The van der Waals surface area contributed by atoms with Gasteiger partial charge in [-0.05, 0) is 50.2 Å². The van der Waals surface area contributed by atoms with Crippen LogP contribution < -0.4 is 19.7 Å². The number of likely N-dealkylation sites (tertiary alicyclic amines) is 1. The standard InChI is InChI=1S/C22H25N3O5/c26-21-10-15(13-25(21)16-5-6-19-20(11-16)30-14-29-19)22(27)23-12-17(18-4-3-9-28-18)24-7-1-2-8-24/h3-6,9,11,15,17H,1-2,7-8,10,12-14H2,(H,23,27). The van der Waals surface area contributed by atoms with Crippen LogP contribution in [-0.4, -0.2) is 49.7 Å². The number of carbonyl (C=O) groups is 2. The normalized spacial score (nSPS) is 21.9. The van der Waals surface area contributed by atoms with Crippen molar-refractivity contribution in [2.24, 2.45) is 5.92 Å². The Bertz CT molecular complexity index is 923. The van der Waals surface area contributed by atoms with Crippen LogP contribution >= 0.6 is 0 Å². The van der Waals surface area contributed by atoms with Gasteiger partial charge in [0.1, 0.15) is 5.76 Å². The van der Waals surface area contributed by atoms with Crippen LogP contribution in [-0.2, 0) is 9.59 Å². The first-order valence-corrected chi connectivity index (χ1v) is 10.4. The number of anilines is 1.